The van der Waals surface area contributed by atoms with Crippen molar-refractivity contribution in [3.8, 4) is 0 Å². The van der Waals surface area contributed by atoms with E-state index >= 15 is 0 Å². The van der Waals surface area contributed by atoms with Crippen LogP contribution in [0.2, 0.25) is 5.15 Å². The van der Waals surface area contributed by atoms with Gasteiger partial charge in [-0.05, 0) is 36.6 Å². The van der Waals surface area contributed by atoms with Gasteiger partial charge in [0, 0.05) is 38.9 Å². The molecular weight excluding hydrogens is 322 g/mol. The minimum Gasteiger partial charge on any atom is -0.337 e. The largest absolute Gasteiger partial charge is 0.337 e. The van der Waals surface area contributed by atoms with Gasteiger partial charge in [0.2, 0.25) is 0 Å². The van der Waals surface area contributed by atoms with Crippen molar-refractivity contribution in [3.63, 3.8) is 0 Å². The number of nitrogens with zero attached hydrogens (tertiary/aromatic N) is 3. The van der Waals surface area contributed by atoms with Gasteiger partial charge < -0.3 is 4.90 Å². The molecule has 1 amide bonds. The summed E-state index contributed by atoms with van der Waals surface area (Å²) in [7, 11) is 0. The van der Waals surface area contributed by atoms with E-state index < -0.39 is 0 Å². The van der Waals surface area contributed by atoms with Gasteiger partial charge in [-0.2, -0.15) is 0 Å². The van der Waals surface area contributed by atoms with E-state index in [1.807, 2.05) is 4.90 Å². The Bertz CT molecular complexity index is 702. The summed E-state index contributed by atoms with van der Waals surface area (Å²) in [6.45, 7) is 6.52. The Morgan fingerprint density at radius 1 is 1.12 bits per heavy atom. The molecule has 1 saturated heterocycles. The number of hydrogen-bond acceptors (Lipinski definition) is 3. The molecule has 5 heteroatoms. The number of rotatable bonds is 3. The Kier molecular flexibility index (Phi) is 5.48. The highest BCUT2D eigenvalue weighted by atomic mass is 35.5. The van der Waals surface area contributed by atoms with Crippen molar-refractivity contribution in [2.45, 2.75) is 19.9 Å². The van der Waals surface area contributed by atoms with E-state index in [0.29, 0.717) is 10.7 Å². The average Bonchev–Trinajstić information content (AvgIpc) is 2.83. The number of benzene rings is 1. The molecular formula is C19H22ClN3O. The van der Waals surface area contributed by atoms with Gasteiger partial charge in [0.1, 0.15) is 5.15 Å². The van der Waals surface area contributed by atoms with E-state index in [4.69, 9.17) is 11.6 Å². The van der Waals surface area contributed by atoms with Gasteiger partial charge in [-0.3, -0.25) is 9.69 Å². The van der Waals surface area contributed by atoms with Gasteiger partial charge in [0.05, 0.1) is 5.56 Å². The lowest BCUT2D eigenvalue weighted by Crippen LogP contribution is -2.35. The van der Waals surface area contributed by atoms with Gasteiger partial charge in [0.25, 0.3) is 5.91 Å². The number of hydrogen-bond donors (Lipinski definition) is 0. The Hall–Kier alpha value is -1.91. The third-order valence-corrected chi connectivity index (χ3v) is 4.73. The van der Waals surface area contributed by atoms with Gasteiger partial charge in [0.15, 0.2) is 0 Å². The molecule has 1 aromatic carbocycles. The zero-order valence-corrected chi connectivity index (χ0v) is 14.7. The van der Waals surface area contributed by atoms with Crippen LogP contribution in [0, 0.1) is 6.92 Å². The molecule has 0 aliphatic carbocycles. The van der Waals surface area contributed by atoms with Crippen molar-refractivity contribution in [1.29, 1.82) is 0 Å². The first kappa shape index (κ1) is 16.9. The number of aromatic nitrogens is 1. The Morgan fingerprint density at radius 3 is 2.71 bits per heavy atom. The van der Waals surface area contributed by atoms with Crippen LogP contribution in [0.5, 0.6) is 0 Å². The summed E-state index contributed by atoms with van der Waals surface area (Å²) in [5, 5.41) is 0.409. The maximum absolute atomic E-state index is 12.6. The average molecular weight is 344 g/mol. The van der Waals surface area contributed by atoms with Crippen LogP contribution in [0.15, 0.2) is 42.6 Å². The second kappa shape index (κ2) is 7.77. The summed E-state index contributed by atoms with van der Waals surface area (Å²) < 4.78 is 0. The summed E-state index contributed by atoms with van der Waals surface area (Å²) in [5.41, 5.74) is 3.29. The van der Waals surface area contributed by atoms with Gasteiger partial charge >= 0.3 is 0 Å². The number of halogens is 1. The number of aryl methyl sites for hydroxylation is 1. The van der Waals surface area contributed by atoms with E-state index in [1.54, 1.807) is 18.3 Å². The van der Waals surface area contributed by atoms with Crippen molar-refractivity contribution in [1.82, 2.24) is 14.8 Å². The van der Waals surface area contributed by atoms with Gasteiger partial charge in [-0.1, -0.05) is 35.9 Å². The highest BCUT2D eigenvalue weighted by molar-refractivity contribution is 6.29. The van der Waals surface area contributed by atoms with Crippen LogP contribution in [0.4, 0.5) is 0 Å². The first-order chi connectivity index (χ1) is 11.6. The van der Waals surface area contributed by atoms with Crippen LogP contribution < -0.4 is 0 Å². The molecule has 3 rings (SSSR count). The number of pyridine rings is 1. The highest BCUT2D eigenvalue weighted by Crippen LogP contribution is 2.14. The molecule has 1 aliphatic heterocycles. The summed E-state index contributed by atoms with van der Waals surface area (Å²) in [6, 6.07) is 11.9. The van der Waals surface area contributed by atoms with Gasteiger partial charge in [-0.15, -0.1) is 0 Å². The van der Waals surface area contributed by atoms with Gasteiger partial charge in [-0.25, -0.2) is 4.98 Å². The molecule has 24 heavy (non-hydrogen) atoms. The van der Waals surface area contributed by atoms with E-state index in [9.17, 15) is 4.79 Å². The highest BCUT2D eigenvalue weighted by Gasteiger charge is 2.20. The lowest BCUT2D eigenvalue weighted by Gasteiger charge is -2.22. The molecule has 126 valence electrons. The molecule has 0 atom stereocenters. The standard InChI is InChI=1S/C19H22ClN3O/c1-15-5-2-3-6-17(15)14-22-9-4-10-23(12-11-22)19(24)16-7-8-18(20)21-13-16/h2-3,5-8,13H,4,9-12,14H2,1H3. The first-order valence-electron chi connectivity index (χ1n) is 8.31. The van der Waals surface area contributed by atoms with Crippen molar-refractivity contribution < 1.29 is 4.79 Å². The van der Waals surface area contributed by atoms with Crippen LogP contribution in [0.3, 0.4) is 0 Å². The first-order valence-corrected chi connectivity index (χ1v) is 8.69. The molecule has 0 bridgehead atoms. The predicted octanol–water partition coefficient (Wildman–Crippen LogP) is 3.39. The van der Waals surface area contributed by atoms with Crippen molar-refractivity contribution >= 4 is 17.5 Å². The minimum atomic E-state index is 0.0388. The van der Waals surface area contributed by atoms with Crippen LogP contribution in [0.25, 0.3) is 0 Å². The van der Waals surface area contributed by atoms with Crippen LogP contribution in [-0.2, 0) is 6.54 Å². The molecule has 1 aliphatic rings. The smallest absolute Gasteiger partial charge is 0.255 e. The van der Waals surface area contributed by atoms with Crippen molar-refractivity contribution in [2.75, 3.05) is 26.2 Å². The lowest BCUT2D eigenvalue weighted by atomic mass is 10.1. The van der Waals surface area contributed by atoms with E-state index in [1.165, 1.54) is 11.1 Å². The zero-order chi connectivity index (χ0) is 16.9. The second-order valence-electron chi connectivity index (χ2n) is 6.22. The third-order valence-electron chi connectivity index (χ3n) is 4.51. The molecule has 1 aromatic heterocycles. The number of amides is 1. The quantitative estimate of drug-likeness (QED) is 0.801. The lowest BCUT2D eigenvalue weighted by molar-refractivity contribution is 0.0760. The molecule has 1 fully saturated rings. The monoisotopic (exact) mass is 343 g/mol. The molecule has 0 unspecified atom stereocenters. The molecule has 2 aromatic rings. The summed E-state index contributed by atoms with van der Waals surface area (Å²) in [5.74, 6) is 0.0388. The fourth-order valence-electron chi connectivity index (χ4n) is 3.05. The molecule has 0 spiro atoms. The van der Waals surface area contributed by atoms with E-state index in [-0.39, 0.29) is 5.91 Å². The number of carbonyl (C=O) groups is 1. The molecule has 0 N–H and O–H groups in total. The molecule has 0 saturated carbocycles. The minimum absolute atomic E-state index is 0.0388. The Balaban J connectivity index is 1.61. The summed E-state index contributed by atoms with van der Waals surface area (Å²) in [6.07, 6.45) is 2.54. The zero-order valence-electron chi connectivity index (χ0n) is 13.9. The van der Waals surface area contributed by atoms with Crippen molar-refractivity contribution in [2.24, 2.45) is 0 Å². The van der Waals surface area contributed by atoms with Crippen LogP contribution in [0.1, 0.15) is 27.9 Å². The second-order valence-corrected chi connectivity index (χ2v) is 6.61. The van der Waals surface area contributed by atoms with Crippen LogP contribution in [-0.4, -0.2) is 46.9 Å². The third kappa shape index (κ3) is 4.13. The molecule has 2 heterocycles. The SMILES string of the molecule is Cc1ccccc1CN1CCCN(C(=O)c2ccc(Cl)nc2)CC1. The fraction of sp³-hybridized carbons (Fsp3) is 0.368. The maximum Gasteiger partial charge on any atom is 0.255 e. The Morgan fingerprint density at radius 2 is 1.96 bits per heavy atom. The predicted molar refractivity (Wildman–Crippen MR) is 96.2 cm³/mol. The van der Waals surface area contributed by atoms with E-state index in [0.717, 1.165) is 39.1 Å². The van der Waals surface area contributed by atoms with Crippen LogP contribution >= 0.6 is 11.6 Å². The maximum atomic E-state index is 12.6. The molecule has 4 nitrogen and oxygen atoms in total. The van der Waals surface area contributed by atoms with E-state index in [2.05, 4.69) is 41.1 Å². The fourth-order valence-corrected chi connectivity index (χ4v) is 3.16. The number of carbonyl (C=O) groups excluding carboxylic acids is 1. The normalized spacial score (nSPS) is 16.0. The Labute approximate surface area is 148 Å². The topological polar surface area (TPSA) is 36.4 Å². The van der Waals surface area contributed by atoms with Crippen molar-refractivity contribution in [3.05, 3.63) is 64.4 Å². The molecule has 0 radical (unpaired) electrons. The summed E-state index contributed by atoms with van der Waals surface area (Å²) >= 11 is 5.79. The summed E-state index contributed by atoms with van der Waals surface area (Å²) in [4.78, 5) is 21.0.